The van der Waals surface area contributed by atoms with Crippen LogP contribution in [0.25, 0.3) is 0 Å². The molecule has 9 nitrogen and oxygen atoms in total. The highest BCUT2D eigenvalue weighted by Crippen LogP contribution is 2.31. The van der Waals surface area contributed by atoms with E-state index < -0.39 is 10.0 Å². The van der Waals surface area contributed by atoms with Gasteiger partial charge in [0.1, 0.15) is 10.7 Å². The van der Waals surface area contributed by atoms with Crippen LogP contribution in [0, 0.1) is 5.82 Å². The number of morpholine rings is 1. The number of nitrogens with one attached hydrogen (secondary N) is 2. The topological polar surface area (TPSA) is 94.2 Å². The van der Waals surface area contributed by atoms with E-state index in [4.69, 9.17) is 4.74 Å². The van der Waals surface area contributed by atoms with E-state index in [0.29, 0.717) is 69.4 Å². The van der Waals surface area contributed by atoms with Crippen molar-refractivity contribution < 1.29 is 22.3 Å². The molecule has 0 radical (unpaired) electrons. The first-order valence-electron chi connectivity index (χ1n) is 13.9. The van der Waals surface area contributed by atoms with Crippen LogP contribution in [0.4, 0.5) is 21.5 Å². The Morgan fingerprint density at radius 2 is 1.64 bits per heavy atom. The number of hydrogen-bond acceptors (Lipinski definition) is 7. The van der Waals surface area contributed by atoms with Crippen molar-refractivity contribution in [2.24, 2.45) is 0 Å². The predicted octanol–water partition coefficient (Wildman–Crippen LogP) is 3.28. The summed E-state index contributed by atoms with van der Waals surface area (Å²) in [6, 6.07) is 11.8. The number of benzene rings is 2. The minimum absolute atomic E-state index is 0.127. The molecule has 11 heteroatoms. The Morgan fingerprint density at radius 1 is 0.949 bits per heavy atom. The minimum Gasteiger partial charge on any atom is -0.379 e. The van der Waals surface area contributed by atoms with Crippen LogP contribution in [0.3, 0.4) is 0 Å². The molecule has 4 rings (SSSR count). The van der Waals surface area contributed by atoms with Gasteiger partial charge >= 0.3 is 0 Å². The van der Waals surface area contributed by atoms with Crippen molar-refractivity contribution in [1.82, 2.24) is 9.62 Å². The number of para-hydroxylation sites is 1. The highest BCUT2D eigenvalue weighted by atomic mass is 32.2. The number of nitrogens with zero attached hydrogens (tertiary/aromatic N) is 3. The molecule has 2 aliphatic rings. The molecular formula is C28H40FN5O4S. The summed E-state index contributed by atoms with van der Waals surface area (Å²) in [7, 11) is -3.87. The lowest BCUT2D eigenvalue weighted by Gasteiger charge is -2.38. The molecule has 0 saturated carbocycles. The Morgan fingerprint density at radius 3 is 2.33 bits per heavy atom. The first-order chi connectivity index (χ1) is 18.9. The standard InChI is InChI=1S/C28H40FN5O4S/c1-2-3-4-9-28(35)31-23-10-11-26(34-16-14-33(15-17-34)25-8-6-5-7-24(25)29)27(22-23)39(36,37)30-12-13-32-18-20-38-21-19-32/h5-8,10-11,22,30H,2-4,9,12-21H2,1H3,(H,31,35). The molecule has 2 saturated heterocycles. The number of carbonyl (C=O) groups excluding carboxylic acids is 1. The fourth-order valence-corrected chi connectivity index (χ4v) is 6.23. The number of rotatable bonds is 12. The summed E-state index contributed by atoms with van der Waals surface area (Å²) in [6.45, 7) is 7.98. The van der Waals surface area contributed by atoms with E-state index in [-0.39, 0.29) is 23.2 Å². The van der Waals surface area contributed by atoms with Gasteiger partial charge < -0.3 is 19.9 Å². The second-order valence-corrected chi connectivity index (χ2v) is 11.7. The number of carbonyl (C=O) groups is 1. The zero-order valence-electron chi connectivity index (χ0n) is 22.7. The Balaban J connectivity index is 1.50. The highest BCUT2D eigenvalue weighted by molar-refractivity contribution is 7.89. The van der Waals surface area contributed by atoms with Crippen LogP contribution in [0.5, 0.6) is 0 Å². The minimum atomic E-state index is -3.87. The van der Waals surface area contributed by atoms with Crippen molar-refractivity contribution >= 4 is 33.0 Å². The first-order valence-corrected chi connectivity index (χ1v) is 15.3. The van der Waals surface area contributed by atoms with E-state index in [1.807, 2.05) is 15.9 Å². The molecule has 2 aliphatic heterocycles. The van der Waals surface area contributed by atoms with Crippen molar-refractivity contribution in [2.45, 2.75) is 37.5 Å². The molecule has 0 atom stereocenters. The smallest absolute Gasteiger partial charge is 0.242 e. The second-order valence-electron chi connectivity index (χ2n) is 9.97. The lowest BCUT2D eigenvalue weighted by molar-refractivity contribution is -0.116. The van der Waals surface area contributed by atoms with Crippen LogP contribution in [-0.4, -0.2) is 84.8 Å². The van der Waals surface area contributed by atoms with E-state index >= 15 is 0 Å². The Kier molecular flexibility index (Phi) is 10.6. The third-order valence-electron chi connectivity index (χ3n) is 7.18. The van der Waals surface area contributed by atoms with Crippen molar-refractivity contribution in [2.75, 3.05) is 80.7 Å². The molecule has 2 heterocycles. The van der Waals surface area contributed by atoms with Crippen molar-refractivity contribution in [3.05, 3.63) is 48.3 Å². The molecule has 0 unspecified atom stereocenters. The van der Waals surface area contributed by atoms with Crippen molar-refractivity contribution in [1.29, 1.82) is 0 Å². The third kappa shape index (κ3) is 8.14. The van der Waals surface area contributed by atoms with Gasteiger partial charge in [-0.05, 0) is 36.8 Å². The molecule has 2 aromatic rings. The molecule has 0 spiro atoms. The summed E-state index contributed by atoms with van der Waals surface area (Å²) < 4.78 is 49.6. The Hall–Kier alpha value is -2.73. The zero-order chi connectivity index (χ0) is 27.7. The summed E-state index contributed by atoms with van der Waals surface area (Å²) in [4.78, 5) is 18.7. The van der Waals surface area contributed by atoms with Gasteiger partial charge in [-0.15, -0.1) is 0 Å². The highest BCUT2D eigenvalue weighted by Gasteiger charge is 2.26. The van der Waals surface area contributed by atoms with E-state index in [2.05, 4.69) is 21.9 Å². The number of hydrogen-bond donors (Lipinski definition) is 2. The van der Waals surface area contributed by atoms with Gasteiger partial charge in [-0.2, -0.15) is 0 Å². The molecule has 2 fully saturated rings. The van der Waals surface area contributed by atoms with Crippen LogP contribution >= 0.6 is 0 Å². The van der Waals surface area contributed by atoms with Gasteiger partial charge in [0.15, 0.2) is 0 Å². The number of amides is 1. The van der Waals surface area contributed by atoms with Crippen LogP contribution in [-0.2, 0) is 19.6 Å². The van der Waals surface area contributed by atoms with Gasteiger partial charge in [0.2, 0.25) is 15.9 Å². The first kappa shape index (κ1) is 29.3. The Bertz CT molecular complexity index is 1200. The number of piperazine rings is 1. The van der Waals surface area contributed by atoms with Crippen molar-refractivity contribution in [3.8, 4) is 0 Å². The normalized spacial score (nSPS) is 16.9. The van der Waals surface area contributed by atoms with Gasteiger partial charge in [0.05, 0.1) is 24.6 Å². The molecule has 1 amide bonds. The van der Waals surface area contributed by atoms with Crippen LogP contribution in [0.15, 0.2) is 47.4 Å². The van der Waals surface area contributed by atoms with Crippen molar-refractivity contribution in [3.63, 3.8) is 0 Å². The molecule has 2 N–H and O–H groups in total. The average molecular weight is 562 g/mol. The maximum atomic E-state index is 14.3. The summed E-state index contributed by atoms with van der Waals surface area (Å²) in [5, 5.41) is 2.86. The lowest BCUT2D eigenvalue weighted by Crippen LogP contribution is -2.47. The predicted molar refractivity (Wildman–Crippen MR) is 152 cm³/mol. The molecule has 214 valence electrons. The number of unbranched alkanes of at least 4 members (excludes halogenated alkanes) is 2. The summed E-state index contributed by atoms with van der Waals surface area (Å²) in [5.41, 5.74) is 1.58. The van der Waals surface area contributed by atoms with Gasteiger partial charge in [-0.25, -0.2) is 17.5 Å². The molecule has 39 heavy (non-hydrogen) atoms. The van der Waals surface area contributed by atoms with Crippen LogP contribution in [0.1, 0.15) is 32.6 Å². The fraction of sp³-hybridized carbons (Fsp3) is 0.536. The maximum absolute atomic E-state index is 14.3. The number of ether oxygens (including phenoxy) is 1. The maximum Gasteiger partial charge on any atom is 0.242 e. The van der Waals surface area contributed by atoms with Gasteiger partial charge in [-0.1, -0.05) is 31.9 Å². The molecular weight excluding hydrogens is 521 g/mol. The van der Waals surface area contributed by atoms with E-state index in [9.17, 15) is 17.6 Å². The molecule has 0 aliphatic carbocycles. The number of anilines is 3. The van der Waals surface area contributed by atoms with Crippen LogP contribution < -0.4 is 19.8 Å². The monoisotopic (exact) mass is 561 g/mol. The lowest BCUT2D eigenvalue weighted by atomic mass is 10.2. The van der Waals surface area contributed by atoms with Gasteiger partial charge in [-0.3, -0.25) is 9.69 Å². The van der Waals surface area contributed by atoms with E-state index in [1.54, 1.807) is 30.3 Å². The quantitative estimate of drug-likeness (QED) is 0.384. The van der Waals surface area contributed by atoms with Crippen LogP contribution in [0.2, 0.25) is 0 Å². The Labute approximate surface area is 231 Å². The van der Waals surface area contributed by atoms with E-state index in [1.165, 1.54) is 6.07 Å². The summed E-state index contributed by atoms with van der Waals surface area (Å²) in [5.74, 6) is -0.393. The average Bonchev–Trinajstić information content (AvgIpc) is 2.94. The summed E-state index contributed by atoms with van der Waals surface area (Å²) in [6.07, 6.45) is 3.18. The SMILES string of the molecule is CCCCCC(=O)Nc1ccc(N2CCN(c3ccccc3F)CC2)c(S(=O)(=O)NCCN2CCOCC2)c1. The second kappa shape index (κ2) is 14.1. The molecule has 0 aromatic heterocycles. The third-order valence-corrected chi connectivity index (χ3v) is 8.67. The van der Waals surface area contributed by atoms with Gasteiger partial charge in [0.25, 0.3) is 0 Å². The molecule has 2 aromatic carbocycles. The largest absolute Gasteiger partial charge is 0.379 e. The van der Waals surface area contributed by atoms with E-state index in [0.717, 1.165) is 32.4 Å². The summed E-state index contributed by atoms with van der Waals surface area (Å²) >= 11 is 0. The number of sulfonamides is 1. The van der Waals surface area contributed by atoms with Gasteiger partial charge in [0, 0.05) is 64.5 Å². The zero-order valence-corrected chi connectivity index (χ0v) is 23.5. The molecule has 0 bridgehead atoms. The fourth-order valence-electron chi connectivity index (χ4n) is 4.96. The number of halogens is 1.